The van der Waals surface area contributed by atoms with Gasteiger partial charge in [0.1, 0.15) is 6.04 Å². The van der Waals surface area contributed by atoms with Gasteiger partial charge in [0.2, 0.25) is 17.7 Å². The number of amides is 3. The average molecular weight is 448 g/mol. The van der Waals surface area contributed by atoms with Crippen LogP contribution in [-0.2, 0) is 14.4 Å². The summed E-state index contributed by atoms with van der Waals surface area (Å²) >= 11 is 6.04. The molecule has 0 aliphatic carbocycles. The highest BCUT2D eigenvalue weighted by Crippen LogP contribution is 2.42. The molecule has 31 heavy (non-hydrogen) atoms. The van der Waals surface area contributed by atoms with Crippen LogP contribution in [-0.4, -0.2) is 59.7 Å². The Hall–Kier alpha value is -2.08. The first-order valence-electron chi connectivity index (χ1n) is 11.2. The fraction of sp³-hybridized carbons (Fsp3) is 0.625. The highest BCUT2D eigenvalue weighted by Gasteiger charge is 2.40. The molecular weight excluding hydrogens is 414 g/mol. The summed E-state index contributed by atoms with van der Waals surface area (Å²) in [6.45, 7) is 10.2. The highest BCUT2D eigenvalue weighted by atomic mass is 35.5. The summed E-state index contributed by atoms with van der Waals surface area (Å²) in [5.74, 6) is -0.00477. The van der Waals surface area contributed by atoms with Crippen molar-refractivity contribution < 1.29 is 14.4 Å². The van der Waals surface area contributed by atoms with Gasteiger partial charge in [0.15, 0.2) is 0 Å². The molecule has 1 aromatic carbocycles. The van der Waals surface area contributed by atoms with E-state index in [9.17, 15) is 14.4 Å². The Morgan fingerprint density at radius 1 is 1.19 bits per heavy atom. The highest BCUT2D eigenvalue weighted by molar-refractivity contribution is 6.30. The summed E-state index contributed by atoms with van der Waals surface area (Å²) in [6, 6.07) is 7.39. The molecule has 0 saturated carbocycles. The zero-order chi connectivity index (χ0) is 22.8. The molecule has 2 aliphatic heterocycles. The topological polar surface area (TPSA) is 69.7 Å². The summed E-state index contributed by atoms with van der Waals surface area (Å²) in [4.78, 5) is 41.2. The molecule has 0 bridgehead atoms. The van der Waals surface area contributed by atoms with E-state index in [4.69, 9.17) is 11.6 Å². The number of nitrogens with zero attached hydrogens (tertiary/aromatic N) is 2. The van der Waals surface area contributed by atoms with E-state index in [0.717, 1.165) is 17.9 Å². The number of piperidine rings is 1. The summed E-state index contributed by atoms with van der Waals surface area (Å²) in [7, 11) is 0. The Bertz CT molecular complexity index is 822. The molecule has 0 spiro atoms. The lowest BCUT2D eigenvalue weighted by Crippen LogP contribution is -2.56. The number of hydrogen-bond acceptors (Lipinski definition) is 3. The molecule has 3 rings (SSSR count). The monoisotopic (exact) mass is 447 g/mol. The zero-order valence-electron chi connectivity index (χ0n) is 19.0. The number of likely N-dealkylation sites (tertiary alicyclic amines) is 2. The SMILES string of the molecule is CC(C)[C@@H](NC(=O)CN1CCCC1=O)C(=O)N1CCC(c2ccc(Cl)cc2)C(C)(C)C1. The fourth-order valence-electron chi connectivity index (χ4n) is 4.83. The third-order valence-electron chi connectivity index (χ3n) is 6.57. The van der Waals surface area contributed by atoms with Crippen molar-refractivity contribution >= 4 is 29.3 Å². The van der Waals surface area contributed by atoms with Gasteiger partial charge in [-0.25, -0.2) is 0 Å². The van der Waals surface area contributed by atoms with E-state index >= 15 is 0 Å². The molecule has 1 aromatic rings. The van der Waals surface area contributed by atoms with E-state index in [1.54, 1.807) is 4.90 Å². The molecule has 3 amide bonds. The van der Waals surface area contributed by atoms with E-state index in [1.807, 2.05) is 30.9 Å². The number of hydrogen-bond donors (Lipinski definition) is 1. The second-order valence-electron chi connectivity index (χ2n) is 9.85. The summed E-state index contributed by atoms with van der Waals surface area (Å²) in [6.07, 6.45) is 2.15. The lowest BCUT2D eigenvalue weighted by Gasteiger charge is -2.45. The lowest BCUT2D eigenvalue weighted by molar-refractivity contribution is -0.141. The standard InChI is InChI=1S/C24H34ClN3O3/c1-16(2)22(26-20(29)14-27-12-5-6-21(27)30)23(31)28-13-11-19(24(3,4)15-28)17-7-9-18(25)10-8-17/h7-10,16,19,22H,5-6,11-15H2,1-4H3,(H,26,29)/t19?,22-/m1/s1. The Kier molecular flexibility index (Phi) is 7.30. The summed E-state index contributed by atoms with van der Waals surface area (Å²) < 4.78 is 0. The molecule has 2 heterocycles. The van der Waals surface area contributed by atoms with Crippen LogP contribution in [0.1, 0.15) is 58.4 Å². The fourth-order valence-corrected chi connectivity index (χ4v) is 4.96. The predicted octanol–water partition coefficient (Wildman–Crippen LogP) is 3.45. The minimum Gasteiger partial charge on any atom is -0.343 e. The maximum Gasteiger partial charge on any atom is 0.245 e. The van der Waals surface area contributed by atoms with Crippen molar-refractivity contribution in [2.75, 3.05) is 26.2 Å². The normalized spacial score (nSPS) is 22.0. The van der Waals surface area contributed by atoms with Crippen molar-refractivity contribution in [2.45, 2.75) is 58.9 Å². The molecule has 2 atom stereocenters. The van der Waals surface area contributed by atoms with Gasteiger partial charge in [-0.05, 0) is 47.8 Å². The van der Waals surface area contributed by atoms with Crippen molar-refractivity contribution in [3.8, 4) is 0 Å². The minimum absolute atomic E-state index is 0.00796. The lowest BCUT2D eigenvalue weighted by atomic mass is 9.70. The van der Waals surface area contributed by atoms with E-state index < -0.39 is 6.04 Å². The van der Waals surface area contributed by atoms with E-state index in [2.05, 4.69) is 31.3 Å². The number of halogens is 1. The van der Waals surface area contributed by atoms with Crippen molar-refractivity contribution in [3.63, 3.8) is 0 Å². The van der Waals surface area contributed by atoms with Gasteiger partial charge in [0.05, 0.1) is 6.54 Å². The van der Waals surface area contributed by atoms with Crippen molar-refractivity contribution in [1.29, 1.82) is 0 Å². The Morgan fingerprint density at radius 2 is 1.87 bits per heavy atom. The van der Waals surface area contributed by atoms with Crippen molar-refractivity contribution in [3.05, 3.63) is 34.9 Å². The first kappa shape index (κ1) is 23.6. The first-order chi connectivity index (χ1) is 14.6. The molecule has 0 aromatic heterocycles. The first-order valence-corrected chi connectivity index (χ1v) is 11.6. The van der Waals surface area contributed by atoms with Gasteiger partial charge >= 0.3 is 0 Å². The van der Waals surface area contributed by atoms with Gasteiger partial charge in [-0.1, -0.05) is 51.4 Å². The van der Waals surface area contributed by atoms with Crippen LogP contribution >= 0.6 is 11.6 Å². The van der Waals surface area contributed by atoms with Gasteiger partial charge < -0.3 is 15.1 Å². The Morgan fingerprint density at radius 3 is 2.42 bits per heavy atom. The maximum absolute atomic E-state index is 13.4. The van der Waals surface area contributed by atoms with Crippen LogP contribution in [0.2, 0.25) is 5.02 Å². The van der Waals surface area contributed by atoms with Gasteiger partial charge in [-0.2, -0.15) is 0 Å². The third-order valence-corrected chi connectivity index (χ3v) is 6.82. The smallest absolute Gasteiger partial charge is 0.245 e. The van der Waals surface area contributed by atoms with E-state index in [-0.39, 0.29) is 35.6 Å². The van der Waals surface area contributed by atoms with E-state index in [0.29, 0.717) is 32.0 Å². The second-order valence-corrected chi connectivity index (χ2v) is 10.3. The summed E-state index contributed by atoms with van der Waals surface area (Å²) in [5.41, 5.74) is 1.14. The van der Waals surface area contributed by atoms with Crippen LogP contribution in [0.15, 0.2) is 24.3 Å². The molecule has 1 N–H and O–H groups in total. The molecule has 7 heteroatoms. The van der Waals surface area contributed by atoms with Crippen LogP contribution in [0, 0.1) is 11.3 Å². The number of carbonyl (C=O) groups is 3. The summed E-state index contributed by atoms with van der Waals surface area (Å²) in [5, 5.41) is 3.62. The predicted molar refractivity (Wildman–Crippen MR) is 122 cm³/mol. The molecule has 0 radical (unpaired) electrons. The van der Waals surface area contributed by atoms with Crippen LogP contribution in [0.3, 0.4) is 0 Å². The Balaban J connectivity index is 1.65. The quantitative estimate of drug-likeness (QED) is 0.726. The third kappa shape index (κ3) is 5.59. The molecule has 170 valence electrons. The zero-order valence-corrected chi connectivity index (χ0v) is 19.7. The molecule has 6 nitrogen and oxygen atoms in total. The minimum atomic E-state index is -0.590. The van der Waals surface area contributed by atoms with Crippen molar-refractivity contribution in [1.82, 2.24) is 15.1 Å². The van der Waals surface area contributed by atoms with Crippen LogP contribution < -0.4 is 5.32 Å². The number of benzene rings is 1. The molecule has 2 aliphatic rings. The van der Waals surface area contributed by atoms with Gasteiger partial charge in [0.25, 0.3) is 0 Å². The van der Waals surface area contributed by atoms with Crippen molar-refractivity contribution in [2.24, 2.45) is 11.3 Å². The van der Waals surface area contributed by atoms with Gasteiger partial charge in [-0.15, -0.1) is 0 Å². The van der Waals surface area contributed by atoms with Crippen LogP contribution in [0.4, 0.5) is 0 Å². The maximum atomic E-state index is 13.4. The molecule has 1 unspecified atom stereocenters. The van der Waals surface area contributed by atoms with E-state index in [1.165, 1.54) is 5.56 Å². The van der Waals surface area contributed by atoms with Gasteiger partial charge in [-0.3, -0.25) is 14.4 Å². The second kappa shape index (κ2) is 9.60. The molecular formula is C24H34ClN3O3. The average Bonchev–Trinajstić information content (AvgIpc) is 3.10. The van der Waals surface area contributed by atoms with Gasteiger partial charge in [0, 0.05) is 31.1 Å². The van der Waals surface area contributed by atoms with Crippen LogP contribution in [0.5, 0.6) is 0 Å². The number of rotatable bonds is 6. The molecule has 2 fully saturated rings. The number of nitrogens with one attached hydrogen (secondary N) is 1. The van der Waals surface area contributed by atoms with Crippen LogP contribution in [0.25, 0.3) is 0 Å². The largest absolute Gasteiger partial charge is 0.343 e. The Labute approximate surface area is 190 Å². The number of carbonyl (C=O) groups excluding carboxylic acids is 3. The molecule has 2 saturated heterocycles.